The average molecular weight is 1250 g/mol. The summed E-state index contributed by atoms with van der Waals surface area (Å²) in [6, 6.07) is 35.2. The molecule has 24 heteroatoms. The molecule has 468 valence electrons. The molecule has 0 saturated heterocycles. The van der Waals surface area contributed by atoms with Crippen LogP contribution < -0.4 is 16.7 Å². The van der Waals surface area contributed by atoms with Crippen molar-refractivity contribution >= 4 is 50.0 Å². The largest absolute Gasteiger partial charge is 0.328 e. The van der Waals surface area contributed by atoms with Crippen molar-refractivity contribution in [3.8, 4) is 0 Å². The van der Waals surface area contributed by atoms with Gasteiger partial charge in [0.05, 0.1) is 92.8 Å². The van der Waals surface area contributed by atoms with E-state index in [4.69, 9.17) is 0 Å². The summed E-state index contributed by atoms with van der Waals surface area (Å²) in [6.07, 6.45) is 6.72. The smallest absolute Gasteiger partial charge is 0.272 e. The lowest BCUT2D eigenvalue weighted by Gasteiger charge is -2.17. The first kappa shape index (κ1) is 60.5. The summed E-state index contributed by atoms with van der Waals surface area (Å²) < 4.78 is 49.3. The van der Waals surface area contributed by atoms with Crippen molar-refractivity contribution in [1.29, 1.82) is 0 Å². The summed E-state index contributed by atoms with van der Waals surface area (Å²) in [6.45, 7) is 10.7. The summed E-state index contributed by atoms with van der Waals surface area (Å²) in [5.41, 5.74) is 9.23. The topological polar surface area (TPSA) is 252 Å². The number of aromatic nitrogens is 12. The molecule has 0 radical (unpaired) electrons. The SMILES string of the molecule is CCn1cc2c(n1)CN(C(=O)c1cc(Cc3n[nH]c(=O)c4ccccc34)ccc1F)C2.CCn1cc2c(n1)CN(C(=O)c1cc(Cc3n[nH]c(=O)c4ccccc34)ccc1F)C2.CCn1ncc2c1CN(C(=O)c1cc(Cc3n[nH]c(=O)c4ccccc34)ccc1F)C2. The van der Waals surface area contributed by atoms with Gasteiger partial charge in [-0.05, 0) is 92.1 Å². The van der Waals surface area contributed by atoms with E-state index in [0.29, 0.717) is 91.8 Å². The number of carbonyl (C=O) groups excluding carboxylic acids is 3. The second-order valence-corrected chi connectivity index (χ2v) is 22.9. The van der Waals surface area contributed by atoms with Crippen molar-refractivity contribution in [3.05, 3.63) is 279 Å². The number of amides is 3. The highest BCUT2D eigenvalue weighted by molar-refractivity contribution is 5.97. The lowest BCUT2D eigenvalue weighted by molar-refractivity contribution is 0.0736. The quantitative estimate of drug-likeness (QED) is 0.104. The number of H-pyrrole nitrogens is 3. The third-order valence-corrected chi connectivity index (χ3v) is 17.0. The van der Waals surface area contributed by atoms with E-state index in [9.17, 15) is 41.9 Å². The molecule has 0 atom stereocenters. The zero-order chi connectivity index (χ0) is 64.6. The summed E-state index contributed by atoms with van der Waals surface area (Å²) in [7, 11) is 0. The highest BCUT2D eigenvalue weighted by atomic mass is 19.1. The van der Waals surface area contributed by atoms with Gasteiger partial charge in [-0.25, -0.2) is 28.5 Å². The molecule has 9 heterocycles. The minimum absolute atomic E-state index is 0.0275. The van der Waals surface area contributed by atoms with E-state index >= 15 is 0 Å². The van der Waals surface area contributed by atoms with E-state index < -0.39 is 17.5 Å². The van der Waals surface area contributed by atoms with E-state index in [0.717, 1.165) is 86.3 Å². The fourth-order valence-corrected chi connectivity index (χ4v) is 12.2. The monoisotopic (exact) mass is 1250 g/mol. The zero-order valence-corrected chi connectivity index (χ0v) is 50.8. The number of fused-ring (bicyclic) bond motifs is 6. The minimum atomic E-state index is -0.559. The lowest BCUT2D eigenvalue weighted by Crippen LogP contribution is -2.27. The third kappa shape index (κ3) is 12.1. The standard InChI is InChI=1S/3C23H20FN5O2/c2*1-2-29-12-15-11-28(13-21(15)27-29)23(31)18-9-14(7-8-19(18)24)10-20-16-5-3-4-6-17(16)22(30)26-25-20;1-2-29-21-13-28(12-15(21)11-25-29)23(31)18-9-14(7-8-19(18)24)10-20-16-5-3-4-6-17(16)22(30)27-26-20/h2*3-9,12H,2,10-11,13H2,1H3,(H,26,30);3-9,11H,2,10,12-13H2,1H3,(H,27,30). The predicted molar refractivity (Wildman–Crippen MR) is 339 cm³/mol. The van der Waals surface area contributed by atoms with Crippen LogP contribution in [-0.4, -0.2) is 92.4 Å². The maximum absolute atomic E-state index is 14.6. The Morgan fingerprint density at radius 1 is 0.430 bits per heavy atom. The number of benzene rings is 6. The number of rotatable bonds is 12. The van der Waals surface area contributed by atoms with E-state index in [-0.39, 0.29) is 51.1 Å². The third-order valence-electron chi connectivity index (χ3n) is 17.0. The molecular weight excluding hydrogens is 1190 g/mol. The van der Waals surface area contributed by atoms with Crippen LogP contribution in [0.4, 0.5) is 13.2 Å². The summed E-state index contributed by atoms with van der Waals surface area (Å²) in [4.78, 5) is 80.0. The molecule has 12 aromatic rings. The summed E-state index contributed by atoms with van der Waals surface area (Å²) in [5.74, 6) is -2.75. The fourth-order valence-electron chi connectivity index (χ4n) is 12.2. The highest BCUT2D eigenvalue weighted by Crippen LogP contribution is 2.30. The molecule has 6 aromatic carbocycles. The Morgan fingerprint density at radius 3 is 1.12 bits per heavy atom. The molecule has 3 N–H and O–H groups in total. The van der Waals surface area contributed by atoms with E-state index in [1.807, 2.05) is 83.6 Å². The van der Waals surface area contributed by atoms with Crippen LogP contribution in [0.2, 0.25) is 0 Å². The number of hydrogen-bond acceptors (Lipinski definition) is 12. The summed E-state index contributed by atoms with van der Waals surface area (Å²) >= 11 is 0. The fraction of sp³-hybridized carbons (Fsp3) is 0.217. The molecule has 6 aromatic heterocycles. The van der Waals surface area contributed by atoms with Gasteiger partial charge in [0.25, 0.3) is 34.4 Å². The molecule has 3 aliphatic rings. The maximum atomic E-state index is 14.6. The zero-order valence-electron chi connectivity index (χ0n) is 50.8. The van der Waals surface area contributed by atoms with Gasteiger partial charge in [-0.2, -0.15) is 30.6 Å². The van der Waals surface area contributed by atoms with Crippen LogP contribution in [-0.2, 0) is 78.2 Å². The first-order chi connectivity index (χ1) is 45.1. The van der Waals surface area contributed by atoms with Gasteiger partial charge in [-0.1, -0.05) is 72.8 Å². The summed E-state index contributed by atoms with van der Waals surface area (Å²) in [5, 5.41) is 37.1. The molecule has 0 spiro atoms. The van der Waals surface area contributed by atoms with Gasteiger partial charge in [0.15, 0.2) is 0 Å². The molecule has 3 amide bonds. The molecule has 3 aliphatic heterocycles. The number of aromatic amines is 3. The van der Waals surface area contributed by atoms with Gasteiger partial charge >= 0.3 is 0 Å². The first-order valence-corrected chi connectivity index (χ1v) is 30.4. The normalized spacial score (nSPS) is 13.0. The van der Waals surface area contributed by atoms with Crippen molar-refractivity contribution in [3.63, 3.8) is 0 Å². The molecule has 0 fully saturated rings. The Balaban J connectivity index is 0.000000127. The molecule has 0 bridgehead atoms. The molecule has 0 saturated carbocycles. The van der Waals surface area contributed by atoms with Crippen LogP contribution in [0.3, 0.4) is 0 Å². The van der Waals surface area contributed by atoms with E-state index in [1.165, 1.54) is 18.2 Å². The van der Waals surface area contributed by atoms with Crippen molar-refractivity contribution < 1.29 is 27.6 Å². The maximum Gasteiger partial charge on any atom is 0.272 e. The Kier molecular flexibility index (Phi) is 16.6. The van der Waals surface area contributed by atoms with Gasteiger partial charge in [-0.15, -0.1) is 0 Å². The minimum Gasteiger partial charge on any atom is -0.328 e. The number of aryl methyl sites for hydroxylation is 3. The number of hydrogen-bond donors (Lipinski definition) is 3. The molecule has 21 nitrogen and oxygen atoms in total. The molecule has 15 rings (SSSR count). The highest BCUT2D eigenvalue weighted by Gasteiger charge is 2.32. The van der Waals surface area contributed by atoms with Crippen LogP contribution in [0, 0.1) is 17.5 Å². The van der Waals surface area contributed by atoms with Crippen molar-refractivity contribution in [2.24, 2.45) is 0 Å². The van der Waals surface area contributed by atoms with Gasteiger partial charge < -0.3 is 14.7 Å². The molecule has 0 unspecified atom stereocenters. The van der Waals surface area contributed by atoms with Crippen LogP contribution >= 0.6 is 0 Å². The van der Waals surface area contributed by atoms with Crippen molar-refractivity contribution in [2.45, 2.75) is 98.9 Å². The Morgan fingerprint density at radius 2 is 0.774 bits per heavy atom. The lowest BCUT2D eigenvalue weighted by atomic mass is 10.0. The Labute approximate surface area is 527 Å². The van der Waals surface area contributed by atoms with Gasteiger partial charge in [0.1, 0.15) is 17.5 Å². The van der Waals surface area contributed by atoms with Crippen molar-refractivity contribution in [2.75, 3.05) is 0 Å². The second kappa shape index (κ2) is 25.5. The molecule has 93 heavy (non-hydrogen) atoms. The van der Waals surface area contributed by atoms with Gasteiger partial charge in [-0.3, -0.25) is 42.8 Å². The number of halogens is 3. The number of nitrogens with one attached hydrogen (secondary N) is 3. The van der Waals surface area contributed by atoms with Crippen LogP contribution in [0.15, 0.2) is 160 Å². The Bertz CT molecular complexity index is 4870. The predicted octanol–water partition coefficient (Wildman–Crippen LogP) is 9.08. The average Bonchev–Trinajstić information content (AvgIpc) is 1.85. The Hall–Kier alpha value is -11.4. The van der Waals surface area contributed by atoms with Crippen molar-refractivity contribution in [1.82, 2.24) is 74.6 Å². The first-order valence-electron chi connectivity index (χ1n) is 30.4. The van der Waals surface area contributed by atoms with Crippen LogP contribution in [0.1, 0.15) is 119 Å². The number of carbonyl (C=O) groups is 3. The van der Waals surface area contributed by atoms with Crippen LogP contribution in [0.25, 0.3) is 32.3 Å². The van der Waals surface area contributed by atoms with E-state index in [1.54, 1.807) is 93.7 Å². The van der Waals surface area contributed by atoms with Crippen LogP contribution in [0.5, 0.6) is 0 Å². The van der Waals surface area contributed by atoms with E-state index in [2.05, 4.69) is 45.9 Å². The number of nitrogens with zero attached hydrogens (tertiary/aromatic N) is 12. The van der Waals surface area contributed by atoms with Gasteiger partial charge in [0.2, 0.25) is 0 Å². The van der Waals surface area contributed by atoms with Gasteiger partial charge in [0, 0.05) is 104 Å². The molecule has 0 aliphatic carbocycles. The molecular formula is C69H60F3N15O6. The second-order valence-electron chi connectivity index (χ2n) is 22.9.